The topological polar surface area (TPSA) is 861 Å². The second kappa shape index (κ2) is 65.3. The van der Waals surface area contributed by atoms with Crippen molar-refractivity contribution in [1.82, 2.24) is 58.1 Å². The molecule has 0 saturated carbocycles. The number of unbranched alkanes of at least 4 members (excludes halogenated alkanes) is 4. The second-order valence-electron chi connectivity index (χ2n) is 30.7. The van der Waals surface area contributed by atoms with Gasteiger partial charge in [0.15, 0.2) is 59.2 Å². The van der Waals surface area contributed by atoms with Gasteiger partial charge in [-0.2, -0.15) is 0 Å². The van der Waals surface area contributed by atoms with Crippen LogP contribution in [0.15, 0.2) is 39.9 Å². The minimum absolute atomic E-state index is 0.00640. The third-order valence-corrected chi connectivity index (χ3v) is 19.8. The van der Waals surface area contributed by atoms with Gasteiger partial charge >= 0.3 is 0 Å². The van der Waals surface area contributed by atoms with Crippen LogP contribution < -0.4 is 145 Å². The van der Waals surface area contributed by atoms with E-state index in [1.165, 1.54) is 4.90 Å². The lowest BCUT2D eigenvalue weighted by Gasteiger charge is -2.29. The molecule has 125 heavy (non-hydrogen) atoms. The van der Waals surface area contributed by atoms with Crippen LogP contribution in [-0.2, 0) is 62.3 Å². The third-order valence-electron chi connectivity index (χ3n) is 19.8. The Bertz CT molecular complexity index is 3600. The van der Waals surface area contributed by atoms with Crippen molar-refractivity contribution in [3.05, 3.63) is 0 Å². The lowest BCUT2D eigenvalue weighted by atomic mass is 9.91. The van der Waals surface area contributed by atoms with Gasteiger partial charge in [-0.05, 0) is 148 Å². The number of aliphatic imine (C=N–C) groups is 8. The van der Waals surface area contributed by atoms with Gasteiger partial charge in [0.2, 0.25) is 65.0 Å². The number of amides is 11. The van der Waals surface area contributed by atoms with E-state index in [0.29, 0.717) is 90.3 Å². The fraction of sp³-hybridized carbons (Fsp3) is 0.727. The van der Waals surface area contributed by atoms with Crippen molar-refractivity contribution in [1.29, 1.82) is 0 Å². The van der Waals surface area contributed by atoms with E-state index in [1.807, 2.05) is 6.92 Å². The highest BCUT2D eigenvalue weighted by Gasteiger charge is 2.39. The summed E-state index contributed by atoms with van der Waals surface area (Å²) in [6.07, 6.45) is 6.66. The van der Waals surface area contributed by atoms with Gasteiger partial charge in [0, 0.05) is 135 Å². The fourth-order valence-corrected chi connectivity index (χ4v) is 13.2. The lowest BCUT2D eigenvalue weighted by Crippen LogP contribution is -2.54. The fourth-order valence-electron chi connectivity index (χ4n) is 13.2. The summed E-state index contributed by atoms with van der Waals surface area (Å²) in [7, 11) is 0. The zero-order valence-electron chi connectivity index (χ0n) is 73.2. The van der Waals surface area contributed by atoms with E-state index in [0.717, 1.165) is 0 Å². The summed E-state index contributed by atoms with van der Waals surface area (Å²) in [5.41, 5.74) is 88.6. The number of nitrogens with two attached hydrogens (primary N) is 16. The Morgan fingerprint density at radius 1 is 0.312 bits per heavy atom. The normalized spacial score (nSPS) is 14.0. The maximum Gasteiger partial charge on any atom is 0.245 e. The number of carbonyl (C=O) groups is 13. The molecule has 0 aliphatic carbocycles. The van der Waals surface area contributed by atoms with Gasteiger partial charge in [-0.25, -0.2) is 0 Å². The van der Waals surface area contributed by atoms with Crippen LogP contribution in [0.4, 0.5) is 0 Å². The van der Waals surface area contributed by atoms with Crippen molar-refractivity contribution in [2.24, 2.45) is 149 Å². The Kier molecular flexibility index (Phi) is 57.9. The zero-order chi connectivity index (χ0) is 93.6. The molecule has 42 N–H and O–H groups in total. The number of guanidine groups is 8. The molecule has 0 aromatic rings. The standard InChI is InChI=1S/C77H147N35O13/c1-4-48(20-11-35-98-70(78)79)63(119)94-33-9-5-7-29-58(114)107-53(25-16-40-103-75(88)89)67(123)110-51(23-14-38-101-73(84)85)65(121)96-43-31-60(116)106-50(22-13-37-100-72(82)83)57(113)46-49(21-12-36-99-71(80)81)64(120)95-34-10-6-8-30-59(115)108-54(26-17-41-104-76(90)91)68(124)111-52(24-15-39-102-74(86)87)66(122)97-44-32-61(117)109-55(27-18-42-105-77(92)93)69(125)112-45-19-28-56(112)62(118)47(2)3/h47-56H,4-46H2,1-3H3,(H,94,119)(H,95,120)(H,96,121)(H,97,122)(H,106,116)(H,107,114)(H,108,115)(H,109,117)(H,110,123)(H,111,124)(H4,78,79,98)(H4,80,81,99)(H4,82,83,100)(H4,84,85,101)(H4,86,87,102)(H4,88,89,103)(H4,90,91,104)(H4,92,93,105). The first-order valence-corrected chi connectivity index (χ1v) is 43.0. The molecule has 1 aliphatic heterocycles. The molecule has 1 aliphatic rings. The van der Waals surface area contributed by atoms with Crippen LogP contribution in [0.1, 0.15) is 213 Å². The van der Waals surface area contributed by atoms with Gasteiger partial charge in [-0.15, -0.1) is 0 Å². The highest BCUT2D eigenvalue weighted by atomic mass is 16.2. The molecule has 0 bridgehead atoms. The predicted molar refractivity (Wildman–Crippen MR) is 481 cm³/mol. The van der Waals surface area contributed by atoms with Crippen LogP contribution >= 0.6 is 0 Å². The van der Waals surface area contributed by atoms with Crippen molar-refractivity contribution >= 4 is 124 Å². The molecule has 9 unspecified atom stereocenters. The highest BCUT2D eigenvalue weighted by Crippen LogP contribution is 2.24. The Balaban J connectivity index is 3.27. The minimum atomic E-state index is -1.23. The van der Waals surface area contributed by atoms with Crippen LogP contribution in [0.3, 0.4) is 0 Å². The number of rotatable bonds is 69. The number of Topliss-reactive ketones (excluding diaryl/α,β-unsaturated/α-hetero) is 2. The molecule has 708 valence electrons. The minimum Gasteiger partial charge on any atom is -0.370 e. The van der Waals surface area contributed by atoms with Gasteiger partial charge in [0.1, 0.15) is 30.2 Å². The Hall–Kier alpha value is -12.3. The Morgan fingerprint density at radius 2 is 0.600 bits per heavy atom. The number of hydrogen-bond acceptors (Lipinski definition) is 21. The molecular formula is C77H147N35O13. The molecule has 0 spiro atoms. The van der Waals surface area contributed by atoms with Crippen molar-refractivity contribution in [3.8, 4) is 0 Å². The first-order chi connectivity index (χ1) is 59.3. The van der Waals surface area contributed by atoms with Crippen molar-refractivity contribution in [2.75, 3.05) is 85.1 Å². The van der Waals surface area contributed by atoms with Crippen molar-refractivity contribution in [3.63, 3.8) is 0 Å². The summed E-state index contributed by atoms with van der Waals surface area (Å²) in [6, 6.07) is -7.67. The van der Waals surface area contributed by atoms with Crippen LogP contribution in [0, 0.1) is 17.8 Å². The third kappa shape index (κ3) is 54.0. The largest absolute Gasteiger partial charge is 0.370 e. The maximum absolute atomic E-state index is 14.4. The molecule has 48 nitrogen and oxygen atoms in total. The number of likely N-dealkylation sites (tertiary alicyclic amines) is 1. The highest BCUT2D eigenvalue weighted by molar-refractivity contribution is 5.97. The van der Waals surface area contributed by atoms with E-state index < -0.39 is 113 Å². The summed E-state index contributed by atoms with van der Waals surface area (Å²) >= 11 is 0. The summed E-state index contributed by atoms with van der Waals surface area (Å²) in [5, 5.41) is 27.6. The average molecular weight is 1770 g/mol. The van der Waals surface area contributed by atoms with Crippen molar-refractivity contribution < 1.29 is 62.3 Å². The number of nitrogens with one attached hydrogen (secondary N) is 10. The van der Waals surface area contributed by atoms with E-state index >= 15 is 0 Å². The van der Waals surface area contributed by atoms with E-state index in [9.17, 15) is 62.3 Å². The molecule has 0 radical (unpaired) electrons. The number of ketones is 2. The first kappa shape index (κ1) is 111. The van der Waals surface area contributed by atoms with Gasteiger partial charge in [0.05, 0.1) is 12.1 Å². The van der Waals surface area contributed by atoms with Gasteiger partial charge < -0.3 is 150 Å². The van der Waals surface area contributed by atoms with Gasteiger partial charge in [0.25, 0.3) is 0 Å². The van der Waals surface area contributed by atoms with Gasteiger partial charge in [-0.3, -0.25) is 102 Å². The molecular weight excluding hydrogens is 1620 g/mol. The molecule has 1 fully saturated rings. The SMILES string of the molecule is CCC(CCCN=C(N)N)C(=O)NCCCCCC(=O)NC(CCCN=C(N)N)C(=O)NC(CCCN=C(N)N)C(=O)NCCC(=O)NC(CCCN=C(N)N)C(=O)CC(CCCN=C(N)N)C(=O)NCCCCCC(=O)NC(CCCN=C(N)N)C(=O)NC(CCCN=C(N)N)C(=O)NCCC(=O)NC(CCCN=C(N)N)C(=O)N1CCCC1C(=O)C(C)C. The number of nitrogens with zero attached hydrogens (tertiary/aromatic N) is 9. The molecule has 0 aromatic carbocycles. The summed E-state index contributed by atoms with van der Waals surface area (Å²) in [4.78, 5) is 212. The molecule has 0 aromatic heterocycles. The van der Waals surface area contributed by atoms with Gasteiger partial charge in [-0.1, -0.05) is 33.6 Å². The summed E-state index contributed by atoms with van der Waals surface area (Å²) in [6.45, 7) is 6.90. The molecule has 1 saturated heterocycles. The van der Waals surface area contributed by atoms with Crippen LogP contribution in [-0.4, -0.2) is 256 Å². The predicted octanol–water partition coefficient (Wildman–Crippen LogP) is -7.49. The summed E-state index contributed by atoms with van der Waals surface area (Å²) < 4.78 is 0. The van der Waals surface area contributed by atoms with Crippen LogP contribution in [0.5, 0.6) is 0 Å². The van der Waals surface area contributed by atoms with E-state index in [2.05, 4.69) is 93.1 Å². The Labute approximate surface area is 731 Å². The summed E-state index contributed by atoms with van der Waals surface area (Å²) in [5.74, 6) is -9.54. The molecule has 1 rings (SSSR count). The molecule has 48 heteroatoms. The maximum atomic E-state index is 14.4. The second-order valence-corrected chi connectivity index (χ2v) is 30.7. The van der Waals surface area contributed by atoms with E-state index in [1.54, 1.807) is 13.8 Å². The smallest absolute Gasteiger partial charge is 0.245 e. The first-order valence-electron chi connectivity index (χ1n) is 43.0. The molecule has 11 amide bonds. The van der Waals surface area contributed by atoms with Crippen molar-refractivity contribution in [2.45, 2.75) is 256 Å². The van der Waals surface area contributed by atoms with E-state index in [-0.39, 0.29) is 259 Å². The quantitative estimate of drug-likeness (QED) is 0.0153. The average Bonchev–Trinajstić information content (AvgIpc) is 1.68. The number of hydrogen-bond donors (Lipinski definition) is 26. The lowest BCUT2D eigenvalue weighted by molar-refractivity contribution is -0.141. The van der Waals surface area contributed by atoms with Crippen LogP contribution in [0.2, 0.25) is 0 Å². The monoisotopic (exact) mass is 1770 g/mol. The Morgan fingerprint density at radius 3 is 0.944 bits per heavy atom. The van der Waals surface area contributed by atoms with E-state index in [4.69, 9.17) is 91.7 Å². The van der Waals surface area contributed by atoms with Crippen LogP contribution in [0.25, 0.3) is 0 Å². The molecule has 9 atom stereocenters. The number of carbonyl (C=O) groups excluding carboxylic acids is 13. The zero-order valence-corrected chi connectivity index (χ0v) is 73.2. The molecule has 1 heterocycles.